The molecule has 2 aromatic heterocycles. The monoisotopic (exact) mass is 436 g/mol. The third-order valence-corrected chi connectivity index (χ3v) is 6.05. The maximum atomic E-state index is 11.9. The second kappa shape index (κ2) is 8.94. The molecule has 0 spiro atoms. The lowest BCUT2D eigenvalue weighted by atomic mass is 10.3. The molecule has 160 valence electrons. The zero-order chi connectivity index (χ0) is 21.0. The molecule has 1 saturated carbocycles. The summed E-state index contributed by atoms with van der Waals surface area (Å²) in [6.07, 6.45) is 3.69. The molecule has 1 saturated heterocycles. The lowest BCUT2D eigenvalue weighted by molar-refractivity contribution is -0.117. The Morgan fingerprint density at radius 1 is 1.10 bits per heavy atom. The van der Waals surface area contributed by atoms with Crippen LogP contribution in [-0.4, -0.2) is 52.3 Å². The highest BCUT2D eigenvalue weighted by atomic mass is 32.2. The van der Waals surface area contributed by atoms with Gasteiger partial charge in [-0.25, -0.2) is 9.97 Å². The SMILES string of the molecule is O=C(Nc1ccc(Sc2nc(Nc3ccn[nH]3)cc(N3CCNCC3)n2)cc1)C1CC1. The Morgan fingerprint density at radius 2 is 1.90 bits per heavy atom. The van der Waals surface area contributed by atoms with E-state index in [-0.39, 0.29) is 11.8 Å². The van der Waals surface area contributed by atoms with Gasteiger partial charge in [-0.15, -0.1) is 0 Å². The molecule has 1 aromatic carbocycles. The second-order valence-corrected chi connectivity index (χ2v) is 8.66. The van der Waals surface area contributed by atoms with Gasteiger partial charge in [-0.05, 0) is 48.9 Å². The number of carbonyl (C=O) groups is 1. The standard InChI is InChI=1S/C21H24N8OS/c30-20(14-1-2-14)24-15-3-5-16(6-4-15)31-21-26-18(25-17-7-8-23-28-17)13-19(27-21)29-11-9-22-10-12-29/h3-8,13-14,22H,1-2,9-12H2,(H,24,30)(H2,23,25,26,27,28). The normalized spacial score (nSPS) is 16.2. The van der Waals surface area contributed by atoms with Crippen LogP contribution in [-0.2, 0) is 4.79 Å². The van der Waals surface area contributed by atoms with Crippen LogP contribution in [0, 0.1) is 5.92 Å². The van der Waals surface area contributed by atoms with Gasteiger partial charge in [0.1, 0.15) is 17.5 Å². The summed E-state index contributed by atoms with van der Waals surface area (Å²) in [6, 6.07) is 11.6. The molecule has 3 heterocycles. The molecular formula is C21H24N8OS. The number of nitrogens with one attached hydrogen (secondary N) is 4. The van der Waals surface area contributed by atoms with Gasteiger partial charge in [0.25, 0.3) is 0 Å². The van der Waals surface area contributed by atoms with Crippen LogP contribution < -0.4 is 20.9 Å². The number of rotatable bonds is 7. The van der Waals surface area contributed by atoms with Crippen molar-refractivity contribution in [3.63, 3.8) is 0 Å². The number of amides is 1. The Balaban J connectivity index is 1.34. The Kier molecular flexibility index (Phi) is 5.72. The van der Waals surface area contributed by atoms with Crippen LogP contribution in [0.15, 0.2) is 52.6 Å². The van der Waals surface area contributed by atoms with Crippen LogP contribution in [0.3, 0.4) is 0 Å². The maximum Gasteiger partial charge on any atom is 0.227 e. The molecule has 31 heavy (non-hydrogen) atoms. The van der Waals surface area contributed by atoms with E-state index in [0.29, 0.717) is 11.0 Å². The summed E-state index contributed by atoms with van der Waals surface area (Å²) in [5.41, 5.74) is 0.818. The van der Waals surface area contributed by atoms with Crippen LogP contribution in [0.2, 0.25) is 0 Å². The molecule has 0 unspecified atom stereocenters. The van der Waals surface area contributed by atoms with Crippen molar-refractivity contribution in [2.75, 3.05) is 41.7 Å². The van der Waals surface area contributed by atoms with Crippen molar-refractivity contribution in [3.8, 4) is 0 Å². The first-order chi connectivity index (χ1) is 15.2. The second-order valence-electron chi connectivity index (χ2n) is 7.62. The number of nitrogens with zero attached hydrogens (tertiary/aromatic N) is 4. The van der Waals surface area contributed by atoms with Gasteiger partial charge >= 0.3 is 0 Å². The van der Waals surface area contributed by atoms with Crippen LogP contribution in [0.1, 0.15) is 12.8 Å². The Labute approximate surface area is 184 Å². The fourth-order valence-corrected chi connectivity index (χ4v) is 4.11. The highest BCUT2D eigenvalue weighted by Gasteiger charge is 2.29. The smallest absolute Gasteiger partial charge is 0.227 e. The first-order valence-electron chi connectivity index (χ1n) is 10.4. The number of aromatic amines is 1. The molecular weight excluding hydrogens is 412 g/mol. The Bertz CT molecular complexity index is 1030. The van der Waals surface area contributed by atoms with E-state index in [1.54, 1.807) is 6.20 Å². The average molecular weight is 437 g/mol. The lowest BCUT2D eigenvalue weighted by Crippen LogP contribution is -2.44. The molecule has 0 bridgehead atoms. The number of piperazine rings is 1. The molecule has 0 atom stereocenters. The van der Waals surface area contributed by atoms with Crippen molar-refractivity contribution in [3.05, 3.63) is 42.6 Å². The average Bonchev–Trinajstić information content (AvgIpc) is 3.53. The van der Waals surface area contributed by atoms with E-state index in [2.05, 4.69) is 36.0 Å². The van der Waals surface area contributed by atoms with Crippen LogP contribution in [0.4, 0.5) is 23.1 Å². The molecule has 2 fully saturated rings. The van der Waals surface area contributed by atoms with E-state index >= 15 is 0 Å². The van der Waals surface area contributed by atoms with Crippen molar-refractivity contribution in [1.82, 2.24) is 25.5 Å². The van der Waals surface area contributed by atoms with E-state index in [1.165, 1.54) is 11.8 Å². The molecule has 9 nitrogen and oxygen atoms in total. The number of aromatic nitrogens is 4. The number of hydrogen-bond donors (Lipinski definition) is 4. The third kappa shape index (κ3) is 5.15. The number of H-pyrrole nitrogens is 1. The summed E-state index contributed by atoms with van der Waals surface area (Å²) in [7, 11) is 0. The zero-order valence-electron chi connectivity index (χ0n) is 17.0. The van der Waals surface area contributed by atoms with Gasteiger partial charge in [0.2, 0.25) is 5.91 Å². The van der Waals surface area contributed by atoms with Crippen molar-refractivity contribution < 1.29 is 4.79 Å². The fourth-order valence-electron chi connectivity index (χ4n) is 3.34. The van der Waals surface area contributed by atoms with Crippen LogP contribution in [0.5, 0.6) is 0 Å². The Morgan fingerprint density at radius 3 is 2.61 bits per heavy atom. The summed E-state index contributed by atoms with van der Waals surface area (Å²) in [6.45, 7) is 3.67. The highest BCUT2D eigenvalue weighted by molar-refractivity contribution is 7.99. The van der Waals surface area contributed by atoms with Gasteiger partial charge in [0.05, 0.1) is 6.20 Å². The molecule has 1 aliphatic carbocycles. The van der Waals surface area contributed by atoms with E-state index in [9.17, 15) is 4.79 Å². The maximum absolute atomic E-state index is 11.9. The summed E-state index contributed by atoms with van der Waals surface area (Å²) in [4.78, 5) is 24.7. The first kappa shape index (κ1) is 19.8. The molecule has 4 N–H and O–H groups in total. The number of benzene rings is 1. The lowest BCUT2D eigenvalue weighted by Gasteiger charge is -2.28. The minimum Gasteiger partial charge on any atom is -0.354 e. The van der Waals surface area contributed by atoms with E-state index < -0.39 is 0 Å². The minimum absolute atomic E-state index is 0.113. The molecule has 3 aromatic rings. The molecule has 1 amide bonds. The Hall–Kier alpha value is -3.11. The zero-order valence-corrected chi connectivity index (χ0v) is 17.8. The highest BCUT2D eigenvalue weighted by Crippen LogP contribution is 2.32. The fraction of sp³-hybridized carbons (Fsp3) is 0.333. The molecule has 1 aliphatic heterocycles. The van der Waals surface area contributed by atoms with Crippen molar-refractivity contribution in [2.24, 2.45) is 5.92 Å². The van der Waals surface area contributed by atoms with Gasteiger partial charge in [-0.3, -0.25) is 9.89 Å². The topological polar surface area (TPSA) is 111 Å². The molecule has 5 rings (SSSR count). The minimum atomic E-state index is 0.113. The molecule has 10 heteroatoms. The quantitative estimate of drug-likeness (QED) is 0.419. The van der Waals surface area contributed by atoms with E-state index in [0.717, 1.165) is 61.2 Å². The summed E-state index contributed by atoms with van der Waals surface area (Å²) >= 11 is 1.50. The number of anilines is 4. The van der Waals surface area contributed by atoms with E-state index in [4.69, 9.17) is 4.98 Å². The van der Waals surface area contributed by atoms with Gasteiger partial charge in [-0.2, -0.15) is 5.10 Å². The van der Waals surface area contributed by atoms with Crippen LogP contribution >= 0.6 is 11.8 Å². The number of hydrogen-bond acceptors (Lipinski definition) is 8. The van der Waals surface area contributed by atoms with Gasteiger partial charge in [0, 0.05) is 54.8 Å². The van der Waals surface area contributed by atoms with Gasteiger partial charge < -0.3 is 20.9 Å². The molecule has 2 aliphatic rings. The van der Waals surface area contributed by atoms with Crippen LogP contribution in [0.25, 0.3) is 0 Å². The predicted molar refractivity (Wildman–Crippen MR) is 121 cm³/mol. The first-order valence-corrected chi connectivity index (χ1v) is 11.2. The van der Waals surface area contributed by atoms with Gasteiger partial charge in [0.15, 0.2) is 5.16 Å². The summed E-state index contributed by atoms with van der Waals surface area (Å²) < 4.78 is 0. The summed E-state index contributed by atoms with van der Waals surface area (Å²) in [5.74, 6) is 2.69. The third-order valence-electron chi connectivity index (χ3n) is 5.18. The van der Waals surface area contributed by atoms with E-state index in [1.807, 2.05) is 36.4 Å². The largest absolute Gasteiger partial charge is 0.354 e. The van der Waals surface area contributed by atoms with Crippen molar-refractivity contribution in [1.29, 1.82) is 0 Å². The predicted octanol–water partition coefficient (Wildman–Crippen LogP) is 2.85. The van der Waals surface area contributed by atoms with Crippen molar-refractivity contribution >= 4 is 40.8 Å². The molecule has 0 radical (unpaired) electrons. The van der Waals surface area contributed by atoms with Crippen molar-refractivity contribution in [2.45, 2.75) is 22.9 Å². The summed E-state index contributed by atoms with van der Waals surface area (Å²) in [5, 5.41) is 17.1. The van der Waals surface area contributed by atoms with Gasteiger partial charge in [-0.1, -0.05) is 0 Å². The number of carbonyl (C=O) groups excluding carboxylic acids is 1.